The van der Waals surface area contributed by atoms with Crippen LogP contribution in [0.3, 0.4) is 0 Å². The van der Waals surface area contributed by atoms with Gasteiger partial charge in [0.2, 0.25) is 0 Å². The Morgan fingerprint density at radius 1 is 1.11 bits per heavy atom. The lowest BCUT2D eigenvalue weighted by atomic mass is 10.1. The number of hydrogen-bond acceptors (Lipinski definition) is 4. The largest absolute Gasteiger partial charge is 0.378 e. The van der Waals surface area contributed by atoms with E-state index in [-0.39, 0.29) is 11.8 Å². The van der Waals surface area contributed by atoms with Crippen LogP contribution in [-0.4, -0.2) is 52.6 Å². The zero-order valence-electron chi connectivity index (χ0n) is 16.5. The molecule has 4 rings (SSSR count). The molecule has 0 bridgehead atoms. The highest BCUT2D eigenvalue weighted by Gasteiger charge is 2.30. The summed E-state index contributed by atoms with van der Waals surface area (Å²) in [4.78, 5) is 32.3. The summed E-state index contributed by atoms with van der Waals surface area (Å²) in [5.74, 6) is 0.0142. The number of anilines is 1. The van der Waals surface area contributed by atoms with Gasteiger partial charge in [-0.05, 0) is 50.3 Å². The molecule has 7 heteroatoms. The average Bonchev–Trinajstić information content (AvgIpc) is 3.11. The molecule has 2 aromatic rings. The lowest BCUT2D eigenvalue weighted by Crippen LogP contribution is -2.42. The molecule has 2 amide bonds. The summed E-state index contributed by atoms with van der Waals surface area (Å²) in [6, 6.07) is 5.96. The van der Waals surface area contributed by atoms with Crippen LogP contribution >= 0.6 is 0 Å². The van der Waals surface area contributed by atoms with Crippen LogP contribution in [0.2, 0.25) is 0 Å². The predicted octanol–water partition coefficient (Wildman–Crippen LogP) is 2.56. The molecule has 0 atom stereocenters. The number of hydrogen-bond donors (Lipinski definition) is 1. The molecule has 148 valence electrons. The Kier molecular flexibility index (Phi) is 5.17. The Morgan fingerprint density at radius 3 is 2.68 bits per heavy atom. The van der Waals surface area contributed by atoms with Gasteiger partial charge in [0.05, 0.1) is 18.9 Å². The number of nitrogens with zero attached hydrogens (tertiary/aromatic N) is 3. The fourth-order valence-corrected chi connectivity index (χ4v) is 3.85. The van der Waals surface area contributed by atoms with Gasteiger partial charge in [-0.15, -0.1) is 0 Å². The predicted molar refractivity (Wildman–Crippen MR) is 106 cm³/mol. The van der Waals surface area contributed by atoms with Crippen molar-refractivity contribution < 1.29 is 14.3 Å². The van der Waals surface area contributed by atoms with Crippen LogP contribution < -0.4 is 5.32 Å². The van der Waals surface area contributed by atoms with Gasteiger partial charge in [-0.25, -0.2) is 4.98 Å². The van der Waals surface area contributed by atoms with Crippen molar-refractivity contribution in [2.24, 2.45) is 0 Å². The second kappa shape index (κ2) is 7.75. The van der Waals surface area contributed by atoms with Gasteiger partial charge >= 0.3 is 0 Å². The molecule has 0 unspecified atom stereocenters. The number of carbonyl (C=O) groups is 2. The highest BCUT2D eigenvalue weighted by atomic mass is 16.5. The average molecular weight is 382 g/mol. The van der Waals surface area contributed by atoms with Crippen LogP contribution in [0, 0.1) is 13.8 Å². The number of aromatic nitrogens is 2. The summed E-state index contributed by atoms with van der Waals surface area (Å²) in [6.45, 7) is 6.89. The Bertz CT molecular complexity index is 913. The molecule has 2 aliphatic heterocycles. The highest BCUT2D eigenvalue weighted by molar-refractivity contribution is 6.05. The first-order chi connectivity index (χ1) is 13.5. The Labute approximate surface area is 164 Å². The third-order valence-electron chi connectivity index (χ3n) is 5.46. The Morgan fingerprint density at radius 2 is 1.89 bits per heavy atom. The molecule has 0 saturated carbocycles. The lowest BCUT2D eigenvalue weighted by molar-refractivity contribution is 0.0291. The van der Waals surface area contributed by atoms with Gasteiger partial charge in [0.1, 0.15) is 0 Å². The van der Waals surface area contributed by atoms with Crippen molar-refractivity contribution in [2.75, 3.05) is 31.6 Å². The number of aryl methyl sites for hydroxylation is 2. The molecule has 1 saturated heterocycles. The van der Waals surface area contributed by atoms with Crippen molar-refractivity contribution in [3.63, 3.8) is 0 Å². The number of fused-ring (bicyclic) bond motifs is 1. The van der Waals surface area contributed by atoms with Crippen molar-refractivity contribution in [3.05, 3.63) is 46.5 Å². The van der Waals surface area contributed by atoms with E-state index in [4.69, 9.17) is 4.74 Å². The monoisotopic (exact) mass is 382 g/mol. The van der Waals surface area contributed by atoms with E-state index in [2.05, 4.69) is 10.3 Å². The molecule has 28 heavy (non-hydrogen) atoms. The lowest BCUT2D eigenvalue weighted by Gasteiger charge is -2.27. The van der Waals surface area contributed by atoms with E-state index in [0.717, 1.165) is 48.3 Å². The minimum atomic E-state index is -0.250. The summed E-state index contributed by atoms with van der Waals surface area (Å²) >= 11 is 0. The van der Waals surface area contributed by atoms with Gasteiger partial charge in [0.25, 0.3) is 11.8 Å². The quantitative estimate of drug-likeness (QED) is 0.885. The number of nitrogens with one attached hydrogen (secondary N) is 1. The molecule has 0 spiro atoms. The van der Waals surface area contributed by atoms with E-state index in [0.29, 0.717) is 37.8 Å². The van der Waals surface area contributed by atoms with Crippen molar-refractivity contribution in [3.8, 4) is 0 Å². The number of carbonyl (C=O) groups excluding carboxylic acids is 2. The molecule has 2 aliphatic rings. The molecule has 0 aliphatic carbocycles. The van der Waals surface area contributed by atoms with Crippen LogP contribution in [0.25, 0.3) is 0 Å². The van der Waals surface area contributed by atoms with Crippen molar-refractivity contribution in [1.29, 1.82) is 0 Å². The topological polar surface area (TPSA) is 76.5 Å². The van der Waals surface area contributed by atoms with Gasteiger partial charge in [-0.1, -0.05) is 12.1 Å². The van der Waals surface area contributed by atoms with E-state index in [1.54, 1.807) is 4.90 Å². The summed E-state index contributed by atoms with van der Waals surface area (Å²) in [7, 11) is 0. The zero-order chi connectivity index (χ0) is 19.7. The van der Waals surface area contributed by atoms with Crippen LogP contribution in [0.4, 0.5) is 5.69 Å². The van der Waals surface area contributed by atoms with E-state index in [1.165, 1.54) is 0 Å². The second-order valence-corrected chi connectivity index (χ2v) is 7.52. The molecule has 3 heterocycles. The second-order valence-electron chi connectivity index (χ2n) is 7.52. The maximum Gasteiger partial charge on any atom is 0.290 e. The van der Waals surface area contributed by atoms with Crippen LogP contribution in [0.5, 0.6) is 0 Å². The zero-order valence-corrected chi connectivity index (χ0v) is 16.5. The molecular formula is C21H26N4O3. The van der Waals surface area contributed by atoms with Gasteiger partial charge in [-0.2, -0.15) is 0 Å². The Hall–Kier alpha value is -2.67. The summed E-state index contributed by atoms with van der Waals surface area (Å²) in [5.41, 5.74) is 4.10. The summed E-state index contributed by atoms with van der Waals surface area (Å²) < 4.78 is 7.29. The first kappa shape index (κ1) is 18.7. The molecule has 1 aromatic carbocycles. The molecule has 0 radical (unpaired) electrons. The van der Waals surface area contributed by atoms with Crippen LogP contribution in [0.1, 0.15) is 50.8 Å². The molecule has 1 fully saturated rings. The number of morpholine rings is 1. The fraction of sp³-hybridized carbons (Fsp3) is 0.476. The minimum Gasteiger partial charge on any atom is -0.378 e. The van der Waals surface area contributed by atoms with E-state index in [1.807, 2.05) is 36.6 Å². The minimum absolute atomic E-state index is 0.114. The first-order valence-electron chi connectivity index (χ1n) is 9.89. The van der Waals surface area contributed by atoms with Crippen molar-refractivity contribution in [2.45, 2.75) is 39.7 Å². The maximum atomic E-state index is 13.0. The number of benzene rings is 1. The number of rotatable bonds is 3. The fourth-order valence-electron chi connectivity index (χ4n) is 3.85. The third kappa shape index (κ3) is 3.54. The molecule has 1 aromatic heterocycles. The van der Waals surface area contributed by atoms with Crippen molar-refractivity contribution >= 4 is 17.5 Å². The SMILES string of the molecule is Cc1ccc(C)c(NC(=O)c2nc(C(=O)N3CCOCC3)n3c2CCCC3)c1. The van der Waals surface area contributed by atoms with E-state index in [9.17, 15) is 9.59 Å². The standard InChI is InChI=1S/C21H26N4O3/c1-14-6-7-15(2)16(13-14)22-20(26)18-17-5-3-4-8-25(17)19(23-18)21(27)24-9-11-28-12-10-24/h6-7,13H,3-5,8-12H2,1-2H3,(H,22,26). The van der Waals surface area contributed by atoms with Gasteiger partial charge in [0, 0.05) is 25.3 Å². The third-order valence-corrected chi connectivity index (χ3v) is 5.46. The number of ether oxygens (including phenoxy) is 1. The summed E-state index contributed by atoms with van der Waals surface area (Å²) in [5, 5.41) is 2.99. The smallest absolute Gasteiger partial charge is 0.290 e. The molecule has 7 nitrogen and oxygen atoms in total. The Balaban J connectivity index is 1.65. The van der Waals surface area contributed by atoms with Crippen LogP contribution in [-0.2, 0) is 17.7 Å². The summed E-state index contributed by atoms with van der Waals surface area (Å²) in [6.07, 6.45) is 2.75. The van der Waals surface area contributed by atoms with Gasteiger partial charge < -0.3 is 19.5 Å². The normalized spacial score (nSPS) is 16.6. The van der Waals surface area contributed by atoms with Gasteiger partial charge in [0.15, 0.2) is 11.5 Å². The number of amides is 2. The van der Waals surface area contributed by atoms with E-state index >= 15 is 0 Å². The maximum absolute atomic E-state index is 13.0. The molecule has 1 N–H and O–H groups in total. The highest BCUT2D eigenvalue weighted by Crippen LogP contribution is 2.24. The van der Waals surface area contributed by atoms with Crippen molar-refractivity contribution in [1.82, 2.24) is 14.5 Å². The first-order valence-corrected chi connectivity index (χ1v) is 9.89. The van der Waals surface area contributed by atoms with E-state index < -0.39 is 0 Å². The number of imidazole rings is 1. The van der Waals surface area contributed by atoms with Gasteiger partial charge in [-0.3, -0.25) is 9.59 Å². The molecular weight excluding hydrogens is 356 g/mol. The van der Waals surface area contributed by atoms with Crippen LogP contribution in [0.15, 0.2) is 18.2 Å².